The molecule has 0 aliphatic carbocycles. The number of hydrogen-bond acceptors (Lipinski definition) is 5. The zero-order valence-electron chi connectivity index (χ0n) is 11.3. The van der Waals surface area contributed by atoms with Gasteiger partial charge in [-0.3, -0.25) is 0 Å². The number of aromatic nitrogens is 3. The third-order valence-electron chi connectivity index (χ3n) is 2.77. The molecule has 0 atom stereocenters. The molecule has 0 saturated carbocycles. The van der Waals surface area contributed by atoms with Crippen LogP contribution < -0.4 is 5.73 Å². The molecule has 2 N–H and O–H groups in total. The minimum atomic E-state index is -0.611. The summed E-state index contributed by atoms with van der Waals surface area (Å²) in [7, 11) is 0. The molecular formula is C13H14BrFN4O2. The van der Waals surface area contributed by atoms with Crippen LogP contribution in [0.5, 0.6) is 0 Å². The van der Waals surface area contributed by atoms with Crippen molar-refractivity contribution >= 4 is 27.6 Å². The third-order valence-corrected chi connectivity index (χ3v) is 3.43. The number of halogens is 2. The fourth-order valence-corrected chi connectivity index (χ4v) is 2.21. The van der Waals surface area contributed by atoms with E-state index in [9.17, 15) is 9.18 Å². The van der Waals surface area contributed by atoms with E-state index in [1.807, 2.05) is 6.92 Å². The van der Waals surface area contributed by atoms with Gasteiger partial charge in [-0.05, 0) is 34.5 Å². The summed E-state index contributed by atoms with van der Waals surface area (Å²) in [6.45, 7) is 2.69. The van der Waals surface area contributed by atoms with Crippen LogP contribution in [0.4, 0.5) is 10.1 Å². The zero-order valence-corrected chi connectivity index (χ0v) is 12.9. The van der Waals surface area contributed by atoms with E-state index in [-0.39, 0.29) is 22.3 Å². The van der Waals surface area contributed by atoms with Crippen molar-refractivity contribution in [3.8, 4) is 0 Å². The molecule has 2 aromatic rings. The number of hydrogen-bond donors (Lipinski definition) is 1. The molecule has 6 nitrogen and oxygen atoms in total. The topological polar surface area (TPSA) is 83.0 Å². The average Bonchev–Trinajstić information content (AvgIpc) is 2.88. The van der Waals surface area contributed by atoms with E-state index >= 15 is 0 Å². The van der Waals surface area contributed by atoms with Crippen LogP contribution >= 0.6 is 15.9 Å². The molecule has 0 radical (unpaired) electrons. The molecule has 2 rings (SSSR count). The van der Waals surface area contributed by atoms with Gasteiger partial charge in [-0.25, -0.2) is 18.9 Å². The highest BCUT2D eigenvalue weighted by atomic mass is 79.9. The monoisotopic (exact) mass is 356 g/mol. The number of carbonyl (C=O) groups excluding carboxylic acids is 1. The Bertz CT molecular complexity index is 660. The lowest BCUT2D eigenvalue weighted by Crippen LogP contribution is -2.12. The van der Waals surface area contributed by atoms with Gasteiger partial charge in [-0.2, -0.15) is 5.10 Å². The van der Waals surface area contributed by atoms with E-state index in [2.05, 4.69) is 26.0 Å². The van der Waals surface area contributed by atoms with Crippen molar-refractivity contribution < 1.29 is 13.9 Å². The number of nitrogens with zero attached hydrogens (tertiary/aromatic N) is 3. The maximum absolute atomic E-state index is 13.2. The van der Waals surface area contributed by atoms with E-state index in [0.717, 1.165) is 12.5 Å². The molecule has 0 aliphatic rings. The molecule has 1 aromatic heterocycles. The minimum Gasteiger partial charge on any atom is -0.454 e. The van der Waals surface area contributed by atoms with Gasteiger partial charge in [-0.1, -0.05) is 6.92 Å². The summed E-state index contributed by atoms with van der Waals surface area (Å²) in [5.74, 6) is -0.655. The first-order valence-corrected chi connectivity index (χ1v) is 7.10. The average molecular weight is 357 g/mol. The van der Waals surface area contributed by atoms with E-state index in [4.69, 9.17) is 10.5 Å². The number of aryl methyl sites for hydroxylation is 1. The smallest absolute Gasteiger partial charge is 0.339 e. The lowest BCUT2D eigenvalue weighted by Gasteiger charge is -2.08. The maximum atomic E-state index is 13.2. The van der Waals surface area contributed by atoms with E-state index < -0.39 is 11.8 Å². The fourth-order valence-electron chi connectivity index (χ4n) is 1.73. The summed E-state index contributed by atoms with van der Waals surface area (Å²) in [6, 6.07) is 2.37. The fraction of sp³-hybridized carbons (Fsp3) is 0.308. The molecule has 1 heterocycles. The molecule has 0 aliphatic heterocycles. The first-order valence-electron chi connectivity index (χ1n) is 6.31. The lowest BCUT2D eigenvalue weighted by atomic mass is 10.2. The van der Waals surface area contributed by atoms with Crippen LogP contribution in [-0.2, 0) is 17.9 Å². The van der Waals surface area contributed by atoms with E-state index in [1.54, 1.807) is 4.68 Å². The standard InChI is InChI=1S/C13H14BrFN4O2/c1-2-3-19-12(17-7-18-19)6-21-13(20)8-4-11(16)10(15)5-9(8)14/h4-5,7H,2-3,6,16H2,1H3. The second kappa shape index (κ2) is 6.66. The minimum absolute atomic E-state index is 0.0114. The Morgan fingerprint density at radius 1 is 1.52 bits per heavy atom. The number of benzene rings is 1. The zero-order chi connectivity index (χ0) is 15.4. The number of rotatable bonds is 5. The van der Waals surface area contributed by atoms with Gasteiger partial charge in [0.1, 0.15) is 12.1 Å². The van der Waals surface area contributed by atoms with E-state index in [0.29, 0.717) is 12.4 Å². The van der Waals surface area contributed by atoms with Crippen LogP contribution in [0.15, 0.2) is 22.9 Å². The number of carbonyl (C=O) groups is 1. The molecule has 0 fully saturated rings. The predicted molar refractivity (Wildman–Crippen MR) is 77.9 cm³/mol. The first-order chi connectivity index (χ1) is 10.0. The summed E-state index contributed by atoms with van der Waals surface area (Å²) in [6.07, 6.45) is 2.30. The van der Waals surface area contributed by atoms with Crippen LogP contribution in [-0.4, -0.2) is 20.7 Å². The van der Waals surface area contributed by atoms with Crippen LogP contribution in [0.2, 0.25) is 0 Å². The molecule has 8 heteroatoms. The van der Waals surface area contributed by atoms with Crippen molar-refractivity contribution in [2.75, 3.05) is 5.73 Å². The van der Waals surface area contributed by atoms with Crippen LogP contribution in [0.25, 0.3) is 0 Å². The normalized spacial score (nSPS) is 10.6. The van der Waals surface area contributed by atoms with Crippen molar-refractivity contribution in [3.05, 3.63) is 40.1 Å². The van der Waals surface area contributed by atoms with Crippen LogP contribution in [0.3, 0.4) is 0 Å². The molecule has 21 heavy (non-hydrogen) atoms. The quantitative estimate of drug-likeness (QED) is 0.657. The van der Waals surface area contributed by atoms with Crippen LogP contribution in [0.1, 0.15) is 29.5 Å². The van der Waals surface area contributed by atoms with Gasteiger partial charge in [0, 0.05) is 11.0 Å². The SMILES string of the molecule is CCCn1ncnc1COC(=O)c1cc(N)c(F)cc1Br. The van der Waals surface area contributed by atoms with Crippen molar-refractivity contribution in [1.29, 1.82) is 0 Å². The number of ether oxygens (including phenoxy) is 1. The molecule has 0 unspecified atom stereocenters. The molecule has 0 amide bonds. The number of nitrogen functional groups attached to an aromatic ring is 1. The highest BCUT2D eigenvalue weighted by Crippen LogP contribution is 2.23. The summed E-state index contributed by atoms with van der Waals surface area (Å²) in [5.41, 5.74) is 5.50. The molecule has 0 spiro atoms. The van der Waals surface area contributed by atoms with Gasteiger partial charge in [0.2, 0.25) is 0 Å². The van der Waals surface area contributed by atoms with Crippen molar-refractivity contribution in [3.63, 3.8) is 0 Å². The largest absolute Gasteiger partial charge is 0.454 e. The van der Waals surface area contributed by atoms with Crippen molar-refractivity contribution in [2.24, 2.45) is 0 Å². The Hall–Kier alpha value is -1.96. The third kappa shape index (κ3) is 3.57. The Morgan fingerprint density at radius 2 is 2.29 bits per heavy atom. The molecule has 1 aromatic carbocycles. The summed E-state index contributed by atoms with van der Waals surface area (Å²) >= 11 is 3.11. The Morgan fingerprint density at radius 3 is 3.00 bits per heavy atom. The molecular weight excluding hydrogens is 343 g/mol. The van der Waals surface area contributed by atoms with Crippen molar-refractivity contribution in [2.45, 2.75) is 26.5 Å². The Labute approximate surface area is 129 Å². The second-order valence-electron chi connectivity index (χ2n) is 4.33. The van der Waals surface area contributed by atoms with Crippen LogP contribution in [0, 0.1) is 5.82 Å². The number of nitrogens with two attached hydrogens (primary N) is 1. The highest BCUT2D eigenvalue weighted by molar-refractivity contribution is 9.10. The van der Waals surface area contributed by atoms with Gasteiger partial charge in [-0.15, -0.1) is 0 Å². The Kier molecular flexibility index (Phi) is 4.89. The Balaban J connectivity index is 2.08. The van der Waals surface area contributed by atoms with Gasteiger partial charge < -0.3 is 10.5 Å². The molecule has 112 valence electrons. The first kappa shape index (κ1) is 15.4. The van der Waals surface area contributed by atoms with Gasteiger partial charge in [0.25, 0.3) is 0 Å². The predicted octanol–water partition coefficient (Wildman–Crippen LogP) is 2.53. The van der Waals surface area contributed by atoms with Crippen molar-refractivity contribution in [1.82, 2.24) is 14.8 Å². The number of anilines is 1. The van der Waals surface area contributed by atoms with Gasteiger partial charge >= 0.3 is 5.97 Å². The highest BCUT2D eigenvalue weighted by Gasteiger charge is 2.16. The number of esters is 1. The summed E-state index contributed by atoms with van der Waals surface area (Å²) in [4.78, 5) is 16.0. The van der Waals surface area contributed by atoms with Gasteiger partial charge in [0.05, 0.1) is 11.3 Å². The van der Waals surface area contributed by atoms with Gasteiger partial charge in [0.15, 0.2) is 12.4 Å². The molecule has 0 saturated heterocycles. The lowest BCUT2D eigenvalue weighted by molar-refractivity contribution is 0.0455. The summed E-state index contributed by atoms with van der Waals surface area (Å²) < 4.78 is 20.4. The summed E-state index contributed by atoms with van der Waals surface area (Å²) in [5, 5.41) is 4.04. The maximum Gasteiger partial charge on any atom is 0.339 e. The van der Waals surface area contributed by atoms with E-state index in [1.165, 1.54) is 12.4 Å². The molecule has 0 bridgehead atoms. The second-order valence-corrected chi connectivity index (χ2v) is 5.18.